The number of carbonyl (C=O) groups is 3. The summed E-state index contributed by atoms with van der Waals surface area (Å²) in [7, 11) is 0. The Hall–Kier alpha value is -1.37. The Balaban J connectivity index is 0.00000405. The number of aliphatic carboxylic acids is 1. The molecule has 2 fully saturated rings. The minimum absolute atomic E-state index is 0. The molecule has 1 aromatic carbocycles. The van der Waals surface area contributed by atoms with Crippen molar-refractivity contribution in [1.29, 1.82) is 0 Å². The molecule has 5 rings (SSSR count). The molecule has 0 N–H and O–H groups in total. The summed E-state index contributed by atoms with van der Waals surface area (Å²) in [6, 6.07) is 6.28. The van der Waals surface area contributed by atoms with Crippen LogP contribution in [0, 0.1) is 11.8 Å². The maximum Gasteiger partial charge on any atom is 1.00 e. The number of fused-ring (bicyclic) bond motifs is 2. The first-order valence-electron chi connectivity index (χ1n) is 14.6. The molecule has 220 valence electrons. The van der Waals surface area contributed by atoms with Gasteiger partial charge in [-0.15, -0.1) is 0 Å². The van der Waals surface area contributed by atoms with Gasteiger partial charge in [0, 0.05) is 71.1 Å². The minimum Gasteiger partial charge on any atom is -0.550 e. The van der Waals surface area contributed by atoms with E-state index in [4.69, 9.17) is 16.6 Å². The number of hydrogen-bond acceptors (Lipinski definition) is 5. The number of aryl methyl sites for hydroxylation is 2. The van der Waals surface area contributed by atoms with Crippen LogP contribution in [0.25, 0.3) is 0 Å². The number of benzene rings is 1. The van der Waals surface area contributed by atoms with Crippen LogP contribution in [0.1, 0.15) is 79.7 Å². The number of carbonyl (C=O) groups excluding carboxylic acids is 3. The summed E-state index contributed by atoms with van der Waals surface area (Å²) < 4.78 is 2.02. The number of likely N-dealkylation sites (tertiary alicyclic amines) is 2. The molecule has 0 saturated carbocycles. The van der Waals surface area contributed by atoms with Crippen molar-refractivity contribution in [2.75, 3.05) is 26.2 Å². The van der Waals surface area contributed by atoms with Crippen LogP contribution in [0.5, 0.6) is 0 Å². The van der Waals surface area contributed by atoms with Gasteiger partial charge in [0.2, 0.25) is 11.8 Å². The number of carboxylic acid groups (broad SMARTS) is 1. The smallest absolute Gasteiger partial charge is 0.550 e. The van der Waals surface area contributed by atoms with Crippen molar-refractivity contribution in [3.8, 4) is 0 Å². The topological polar surface area (TPSA) is 93.6 Å². The van der Waals surface area contributed by atoms with E-state index < -0.39 is 5.97 Å². The minimum atomic E-state index is -1.12. The summed E-state index contributed by atoms with van der Waals surface area (Å²) in [5.41, 5.74) is 4.96. The number of rotatable bonds is 7. The standard InChI is InChI=1S/C31H36Br2ClN3O4.Li/c32-23-15-22-5-4-21-16-24(34)17-25(33)29(21)30(31(22)35-18-23)20-8-12-37(13-9-20)27(39)14-19-6-10-36(11-7-19)26(38)2-1-3-28(40)41;/h15-20,30H,1-14H2,(H,40,41);/q;+1/p-1/t30-;/m1./s1. The Morgan fingerprint density at radius 1 is 0.905 bits per heavy atom. The molecule has 1 aromatic heterocycles. The number of nitrogens with zero attached hydrogens (tertiary/aromatic N) is 3. The Morgan fingerprint density at radius 2 is 1.55 bits per heavy atom. The summed E-state index contributed by atoms with van der Waals surface area (Å²) in [5, 5.41) is 11.3. The fraction of sp³-hybridized carbons (Fsp3) is 0.548. The molecular formula is C31H35Br2ClLiN3O4. The average molecular weight is 716 g/mol. The number of halogens is 3. The molecule has 0 spiro atoms. The van der Waals surface area contributed by atoms with Gasteiger partial charge in [-0.3, -0.25) is 14.6 Å². The zero-order valence-electron chi connectivity index (χ0n) is 24.0. The van der Waals surface area contributed by atoms with Crippen molar-refractivity contribution in [2.45, 2.75) is 70.1 Å². The van der Waals surface area contributed by atoms with Crippen molar-refractivity contribution in [2.24, 2.45) is 11.8 Å². The molecular weight excluding hydrogens is 681 g/mol. The van der Waals surface area contributed by atoms with Crippen LogP contribution in [0.2, 0.25) is 5.02 Å². The van der Waals surface area contributed by atoms with Crippen LogP contribution in [0.3, 0.4) is 0 Å². The maximum absolute atomic E-state index is 13.3. The molecule has 42 heavy (non-hydrogen) atoms. The number of carboxylic acids is 1. The summed E-state index contributed by atoms with van der Waals surface area (Å²) in [5.74, 6) is -0.128. The summed E-state index contributed by atoms with van der Waals surface area (Å²) in [6.07, 6.45) is 8.15. The molecule has 2 saturated heterocycles. The van der Waals surface area contributed by atoms with E-state index in [1.165, 1.54) is 16.7 Å². The quantitative estimate of drug-likeness (QED) is 0.411. The third kappa shape index (κ3) is 8.01. The molecule has 3 heterocycles. The van der Waals surface area contributed by atoms with E-state index in [1.54, 1.807) is 0 Å². The number of hydrogen-bond donors (Lipinski definition) is 0. The zero-order chi connectivity index (χ0) is 29.1. The van der Waals surface area contributed by atoms with Gasteiger partial charge in [-0.2, -0.15) is 0 Å². The molecule has 2 amide bonds. The Bertz CT molecular complexity index is 1310. The van der Waals surface area contributed by atoms with Crippen LogP contribution in [-0.2, 0) is 27.2 Å². The largest absolute Gasteiger partial charge is 1.00 e. The SMILES string of the molecule is O=C([O-])CCCC(=O)N1CCC(CC(=O)N2CCC([C@H]3c4ncc(Br)cc4CCc4cc(Cl)cc(Br)c43)CC2)CC1.[Li+]. The number of piperidine rings is 2. The summed E-state index contributed by atoms with van der Waals surface area (Å²) in [6.45, 7) is 2.74. The molecule has 2 aromatic rings. The fourth-order valence-electron chi connectivity index (χ4n) is 6.82. The van der Waals surface area contributed by atoms with Gasteiger partial charge >= 0.3 is 18.9 Å². The molecule has 1 aliphatic carbocycles. The van der Waals surface area contributed by atoms with Crippen molar-refractivity contribution in [3.63, 3.8) is 0 Å². The van der Waals surface area contributed by atoms with Crippen molar-refractivity contribution >= 4 is 61.2 Å². The van der Waals surface area contributed by atoms with E-state index in [1.807, 2.05) is 22.1 Å². The second-order valence-corrected chi connectivity index (χ2v) is 13.8. The van der Waals surface area contributed by atoms with E-state index in [-0.39, 0.29) is 55.4 Å². The van der Waals surface area contributed by atoms with Crippen LogP contribution in [-0.4, -0.2) is 58.7 Å². The van der Waals surface area contributed by atoms with Gasteiger partial charge in [-0.25, -0.2) is 0 Å². The second-order valence-electron chi connectivity index (χ2n) is 11.6. The van der Waals surface area contributed by atoms with Gasteiger partial charge in [0.05, 0.1) is 5.69 Å². The van der Waals surface area contributed by atoms with Crippen LogP contribution in [0.15, 0.2) is 33.3 Å². The Labute approximate surface area is 281 Å². The van der Waals surface area contributed by atoms with Crippen molar-refractivity contribution in [3.05, 3.63) is 60.7 Å². The van der Waals surface area contributed by atoms with Crippen LogP contribution in [0.4, 0.5) is 0 Å². The fourth-order valence-corrected chi connectivity index (χ4v) is 8.32. The first-order valence-corrected chi connectivity index (χ1v) is 16.5. The molecule has 3 aliphatic rings. The van der Waals surface area contributed by atoms with E-state index >= 15 is 0 Å². The predicted molar refractivity (Wildman–Crippen MR) is 162 cm³/mol. The monoisotopic (exact) mass is 713 g/mol. The first-order chi connectivity index (χ1) is 19.7. The zero-order valence-corrected chi connectivity index (χ0v) is 28.0. The molecule has 7 nitrogen and oxygen atoms in total. The van der Waals surface area contributed by atoms with E-state index in [9.17, 15) is 19.5 Å². The second kappa shape index (κ2) is 15.1. The van der Waals surface area contributed by atoms with Gasteiger partial charge < -0.3 is 19.7 Å². The van der Waals surface area contributed by atoms with E-state index in [2.05, 4.69) is 44.0 Å². The maximum atomic E-state index is 13.3. The number of amides is 2. The van der Waals surface area contributed by atoms with Crippen molar-refractivity contribution < 1.29 is 38.4 Å². The molecule has 0 radical (unpaired) electrons. The Morgan fingerprint density at radius 3 is 2.24 bits per heavy atom. The third-order valence-electron chi connectivity index (χ3n) is 8.98. The number of aromatic nitrogens is 1. The first kappa shape index (κ1) is 33.5. The number of pyridine rings is 1. The van der Waals surface area contributed by atoms with Crippen LogP contribution >= 0.6 is 43.5 Å². The predicted octanol–water partition coefficient (Wildman–Crippen LogP) is 2.28. The van der Waals surface area contributed by atoms with Gasteiger partial charge in [-0.1, -0.05) is 27.5 Å². The van der Waals surface area contributed by atoms with Crippen LogP contribution < -0.4 is 24.0 Å². The van der Waals surface area contributed by atoms with Gasteiger partial charge in [0.15, 0.2) is 0 Å². The summed E-state index contributed by atoms with van der Waals surface area (Å²) >= 11 is 13.9. The average Bonchev–Trinajstić information content (AvgIpc) is 3.10. The Kier molecular flexibility index (Phi) is 12.0. The van der Waals surface area contributed by atoms with Gasteiger partial charge in [-0.05, 0) is 114 Å². The van der Waals surface area contributed by atoms with E-state index in [0.717, 1.165) is 71.3 Å². The summed E-state index contributed by atoms with van der Waals surface area (Å²) in [4.78, 5) is 45.0. The molecule has 2 aliphatic heterocycles. The molecule has 0 bridgehead atoms. The molecule has 11 heteroatoms. The van der Waals surface area contributed by atoms with E-state index in [0.29, 0.717) is 31.8 Å². The van der Waals surface area contributed by atoms with Gasteiger partial charge in [0.25, 0.3) is 0 Å². The van der Waals surface area contributed by atoms with Gasteiger partial charge in [0.1, 0.15) is 0 Å². The normalized spacial score (nSPS) is 19.4. The third-order valence-corrected chi connectivity index (χ3v) is 10.3. The molecule has 0 unspecified atom stereocenters. The molecule has 1 atom stereocenters. The van der Waals surface area contributed by atoms with Crippen molar-refractivity contribution in [1.82, 2.24) is 14.8 Å².